The molecular weight excluding hydrogens is 293 g/mol. The molecule has 128 valence electrons. The number of nitrogens with two attached hydrogens (primary N) is 1. The van der Waals surface area contributed by atoms with Crippen molar-refractivity contribution in [3.63, 3.8) is 0 Å². The van der Waals surface area contributed by atoms with E-state index < -0.39 is 6.04 Å². The molecule has 2 atom stereocenters. The molecule has 0 unspecified atom stereocenters. The van der Waals surface area contributed by atoms with Gasteiger partial charge in [-0.3, -0.25) is 4.79 Å². The van der Waals surface area contributed by atoms with Crippen molar-refractivity contribution >= 4 is 11.6 Å². The van der Waals surface area contributed by atoms with E-state index >= 15 is 0 Å². The number of hydrogen-bond donors (Lipinski definition) is 3. The van der Waals surface area contributed by atoms with Crippen LogP contribution in [0.5, 0.6) is 0 Å². The molecule has 1 amide bonds. The van der Waals surface area contributed by atoms with Crippen molar-refractivity contribution in [3.05, 3.63) is 30.1 Å². The van der Waals surface area contributed by atoms with E-state index in [0.717, 1.165) is 6.42 Å². The van der Waals surface area contributed by atoms with E-state index in [2.05, 4.69) is 10.6 Å². The lowest BCUT2D eigenvalue weighted by Crippen LogP contribution is -2.47. The monoisotopic (exact) mass is 321 g/mol. The van der Waals surface area contributed by atoms with Crippen LogP contribution < -0.4 is 16.4 Å². The third-order valence-corrected chi connectivity index (χ3v) is 4.47. The number of benzene rings is 1. The number of hydrogen-bond acceptors (Lipinski definition) is 3. The van der Waals surface area contributed by atoms with E-state index in [1.54, 1.807) is 12.1 Å². The first kappa shape index (κ1) is 17.7. The van der Waals surface area contributed by atoms with Gasteiger partial charge >= 0.3 is 0 Å². The van der Waals surface area contributed by atoms with Gasteiger partial charge in [-0.25, -0.2) is 4.39 Å². The lowest BCUT2D eigenvalue weighted by atomic mass is 9.85. The second kappa shape index (κ2) is 8.87. The summed E-state index contributed by atoms with van der Waals surface area (Å²) in [6, 6.07) is 5.79. The van der Waals surface area contributed by atoms with E-state index in [1.165, 1.54) is 44.2 Å². The third-order valence-electron chi connectivity index (χ3n) is 4.47. The zero-order valence-corrected chi connectivity index (χ0v) is 13.9. The summed E-state index contributed by atoms with van der Waals surface area (Å²) in [4.78, 5) is 12.2. The Morgan fingerprint density at radius 3 is 2.78 bits per heavy atom. The van der Waals surface area contributed by atoms with Gasteiger partial charge in [-0.1, -0.05) is 38.2 Å². The number of carbonyl (C=O) groups is 1. The maximum absolute atomic E-state index is 13.1. The standard InChI is InChI=1S/C18H28FN3O/c1-13(12-21-16-9-5-8-15(19)11-16)22-18(23)17(20)10-14-6-3-2-4-7-14/h5,8-9,11,13-14,17,21H,2-4,6-7,10,12,20H2,1H3,(H,22,23)/t13-,17-/m0/s1. The fourth-order valence-electron chi connectivity index (χ4n) is 3.16. The van der Waals surface area contributed by atoms with Crippen LogP contribution in [0.15, 0.2) is 24.3 Å². The fraction of sp³-hybridized carbons (Fsp3) is 0.611. The van der Waals surface area contributed by atoms with Crippen molar-refractivity contribution in [2.24, 2.45) is 11.7 Å². The third kappa shape index (κ3) is 6.18. The molecule has 2 rings (SSSR count). The van der Waals surface area contributed by atoms with Gasteiger partial charge < -0.3 is 16.4 Å². The summed E-state index contributed by atoms with van der Waals surface area (Å²) in [5, 5.41) is 6.05. The highest BCUT2D eigenvalue weighted by atomic mass is 19.1. The van der Waals surface area contributed by atoms with Gasteiger partial charge in [0.05, 0.1) is 6.04 Å². The lowest BCUT2D eigenvalue weighted by molar-refractivity contribution is -0.123. The van der Waals surface area contributed by atoms with E-state index in [4.69, 9.17) is 5.73 Å². The second-order valence-corrected chi connectivity index (χ2v) is 6.65. The van der Waals surface area contributed by atoms with Gasteiger partial charge in [0.25, 0.3) is 0 Å². The molecule has 0 bridgehead atoms. The molecular formula is C18H28FN3O. The maximum atomic E-state index is 13.1. The Morgan fingerprint density at radius 1 is 1.35 bits per heavy atom. The number of halogens is 1. The second-order valence-electron chi connectivity index (χ2n) is 6.65. The van der Waals surface area contributed by atoms with Gasteiger partial charge in [0.2, 0.25) is 5.91 Å². The van der Waals surface area contributed by atoms with Crippen LogP contribution in [0.25, 0.3) is 0 Å². The Hall–Kier alpha value is -1.62. The predicted molar refractivity (Wildman–Crippen MR) is 91.7 cm³/mol. The molecule has 0 saturated heterocycles. The van der Waals surface area contributed by atoms with Crippen LogP contribution in [-0.4, -0.2) is 24.5 Å². The molecule has 0 aromatic heterocycles. The molecule has 23 heavy (non-hydrogen) atoms. The number of nitrogens with one attached hydrogen (secondary N) is 2. The normalized spacial score (nSPS) is 18.2. The number of rotatable bonds is 7. The van der Waals surface area contributed by atoms with E-state index in [1.807, 2.05) is 6.92 Å². The van der Waals surface area contributed by atoms with Crippen LogP contribution in [0.1, 0.15) is 45.4 Å². The van der Waals surface area contributed by atoms with E-state index in [9.17, 15) is 9.18 Å². The minimum absolute atomic E-state index is 0.0665. The molecule has 0 spiro atoms. The number of carbonyl (C=O) groups excluding carboxylic acids is 1. The average molecular weight is 321 g/mol. The summed E-state index contributed by atoms with van der Waals surface area (Å²) >= 11 is 0. The molecule has 0 heterocycles. The summed E-state index contributed by atoms with van der Waals surface area (Å²) in [5.41, 5.74) is 6.75. The van der Waals surface area contributed by atoms with Crippen molar-refractivity contribution in [1.29, 1.82) is 0 Å². The van der Waals surface area contributed by atoms with Gasteiger partial charge in [-0.2, -0.15) is 0 Å². The molecule has 0 radical (unpaired) electrons. The van der Waals surface area contributed by atoms with Crippen LogP contribution in [-0.2, 0) is 4.79 Å². The van der Waals surface area contributed by atoms with Gasteiger partial charge in [-0.15, -0.1) is 0 Å². The van der Waals surface area contributed by atoms with Crippen LogP contribution in [0.2, 0.25) is 0 Å². The maximum Gasteiger partial charge on any atom is 0.237 e. The van der Waals surface area contributed by atoms with Crippen molar-refractivity contribution < 1.29 is 9.18 Å². The topological polar surface area (TPSA) is 67.1 Å². The first-order chi connectivity index (χ1) is 11.0. The van der Waals surface area contributed by atoms with Gasteiger partial charge in [-0.05, 0) is 37.5 Å². The smallest absolute Gasteiger partial charge is 0.237 e. The van der Waals surface area contributed by atoms with Crippen molar-refractivity contribution in [3.8, 4) is 0 Å². The van der Waals surface area contributed by atoms with Crippen molar-refractivity contribution in [1.82, 2.24) is 5.32 Å². The van der Waals surface area contributed by atoms with Crippen LogP contribution in [0, 0.1) is 11.7 Å². The molecule has 5 heteroatoms. The molecule has 1 aliphatic rings. The molecule has 1 aromatic rings. The Labute approximate surface area is 138 Å². The minimum atomic E-state index is -0.435. The van der Waals surface area contributed by atoms with Crippen LogP contribution in [0.4, 0.5) is 10.1 Å². The molecule has 1 aliphatic carbocycles. The summed E-state index contributed by atoms with van der Waals surface area (Å²) in [6.07, 6.45) is 6.98. The van der Waals surface area contributed by atoms with E-state index in [-0.39, 0.29) is 17.8 Å². The molecule has 1 aromatic carbocycles. The van der Waals surface area contributed by atoms with Crippen LogP contribution in [0.3, 0.4) is 0 Å². The molecule has 4 nitrogen and oxygen atoms in total. The first-order valence-corrected chi connectivity index (χ1v) is 8.60. The zero-order valence-electron chi connectivity index (χ0n) is 13.9. The summed E-state index contributed by atoms with van der Waals surface area (Å²) in [7, 11) is 0. The molecule has 1 fully saturated rings. The molecule has 1 saturated carbocycles. The Bertz CT molecular complexity index is 503. The summed E-state index contributed by atoms with van der Waals surface area (Å²) < 4.78 is 13.1. The highest BCUT2D eigenvalue weighted by Crippen LogP contribution is 2.26. The van der Waals surface area contributed by atoms with Crippen molar-refractivity contribution in [2.45, 2.75) is 57.5 Å². The highest BCUT2D eigenvalue weighted by Gasteiger charge is 2.22. The Morgan fingerprint density at radius 2 is 2.09 bits per heavy atom. The van der Waals surface area contributed by atoms with Gasteiger partial charge in [0, 0.05) is 18.3 Å². The number of anilines is 1. The lowest BCUT2D eigenvalue weighted by Gasteiger charge is -2.25. The summed E-state index contributed by atoms with van der Waals surface area (Å²) in [5.74, 6) is 0.218. The Kier molecular flexibility index (Phi) is 6.84. The highest BCUT2D eigenvalue weighted by molar-refractivity contribution is 5.81. The fourth-order valence-corrected chi connectivity index (χ4v) is 3.16. The van der Waals surface area contributed by atoms with Gasteiger partial charge in [0.1, 0.15) is 5.82 Å². The van der Waals surface area contributed by atoms with Crippen LogP contribution >= 0.6 is 0 Å². The van der Waals surface area contributed by atoms with Crippen molar-refractivity contribution in [2.75, 3.05) is 11.9 Å². The number of amides is 1. The average Bonchev–Trinajstić information content (AvgIpc) is 2.54. The first-order valence-electron chi connectivity index (χ1n) is 8.60. The molecule has 4 N–H and O–H groups in total. The largest absolute Gasteiger partial charge is 0.383 e. The zero-order chi connectivity index (χ0) is 16.7. The quantitative estimate of drug-likeness (QED) is 0.723. The van der Waals surface area contributed by atoms with E-state index in [0.29, 0.717) is 18.2 Å². The SMILES string of the molecule is C[C@@H](CNc1cccc(F)c1)NC(=O)[C@@H](N)CC1CCCCC1. The summed E-state index contributed by atoms with van der Waals surface area (Å²) in [6.45, 7) is 2.45. The van der Waals surface area contributed by atoms with Gasteiger partial charge in [0.15, 0.2) is 0 Å². The minimum Gasteiger partial charge on any atom is -0.383 e. The molecule has 0 aliphatic heterocycles. The Balaban J connectivity index is 1.70. The predicted octanol–water partition coefficient (Wildman–Crippen LogP) is 3.04.